The van der Waals surface area contributed by atoms with E-state index in [1.807, 2.05) is 24.4 Å². The molecule has 0 saturated carbocycles. The third-order valence-electron chi connectivity index (χ3n) is 2.51. The van der Waals surface area contributed by atoms with Gasteiger partial charge in [0.05, 0.1) is 0 Å². The van der Waals surface area contributed by atoms with Crippen molar-refractivity contribution in [2.24, 2.45) is 0 Å². The Labute approximate surface area is 145 Å². The van der Waals surface area contributed by atoms with Crippen molar-refractivity contribution in [1.29, 1.82) is 0 Å². The van der Waals surface area contributed by atoms with Crippen LogP contribution >= 0.6 is 0 Å². The molecular formula is C12H15NNa2O2. The fourth-order valence-electron chi connectivity index (χ4n) is 1.77. The number of H-pyrrole nitrogens is 1. The molecule has 5 heteroatoms. The number of hydrogen-bond donors (Lipinski definition) is 2. The molecule has 2 rings (SSSR count). The summed E-state index contributed by atoms with van der Waals surface area (Å²) >= 11 is 0. The fraction of sp³-hybridized carbons (Fsp3) is 0.250. The van der Waals surface area contributed by atoms with Gasteiger partial charge in [-0.15, -0.1) is 0 Å². The number of aliphatic carboxylic acids is 1. The number of hydrogen-bond acceptors (Lipinski definition) is 1. The second-order valence-corrected chi connectivity index (χ2v) is 3.61. The van der Waals surface area contributed by atoms with Crippen LogP contribution in [0, 0.1) is 0 Å². The molecule has 1 heterocycles. The number of aromatic amines is 1. The van der Waals surface area contributed by atoms with Gasteiger partial charge in [0.15, 0.2) is 0 Å². The van der Waals surface area contributed by atoms with Crippen molar-refractivity contribution in [3.05, 3.63) is 36.0 Å². The van der Waals surface area contributed by atoms with Crippen LogP contribution in [0.5, 0.6) is 0 Å². The van der Waals surface area contributed by atoms with E-state index in [-0.39, 0.29) is 65.5 Å². The van der Waals surface area contributed by atoms with Crippen LogP contribution in [0.15, 0.2) is 30.5 Å². The third kappa shape index (κ3) is 4.78. The van der Waals surface area contributed by atoms with Gasteiger partial charge in [0.2, 0.25) is 0 Å². The van der Waals surface area contributed by atoms with E-state index in [1.165, 1.54) is 10.9 Å². The number of carboxylic acids is 1. The Morgan fingerprint density at radius 1 is 1.24 bits per heavy atom. The van der Waals surface area contributed by atoms with Crippen molar-refractivity contribution < 1.29 is 9.90 Å². The molecule has 0 amide bonds. The Morgan fingerprint density at radius 2 is 1.94 bits per heavy atom. The maximum absolute atomic E-state index is 10.4. The summed E-state index contributed by atoms with van der Waals surface area (Å²) in [5, 5.41) is 9.74. The fourth-order valence-corrected chi connectivity index (χ4v) is 1.77. The molecule has 0 fully saturated rings. The van der Waals surface area contributed by atoms with Crippen LogP contribution in [0.4, 0.5) is 0 Å². The predicted molar refractivity (Wildman–Crippen MR) is 73.2 cm³/mol. The predicted octanol–water partition coefficient (Wildman–Crippen LogP) is 1.28. The minimum atomic E-state index is -0.727. The van der Waals surface area contributed by atoms with Crippen molar-refractivity contribution in [1.82, 2.24) is 4.98 Å². The number of aryl methyl sites for hydroxylation is 1. The number of nitrogens with one attached hydrogen (secondary N) is 1. The second kappa shape index (κ2) is 8.35. The molecule has 3 nitrogen and oxygen atoms in total. The maximum atomic E-state index is 10.4. The summed E-state index contributed by atoms with van der Waals surface area (Å²) in [6, 6.07) is 8.06. The number of benzene rings is 1. The van der Waals surface area contributed by atoms with Crippen LogP contribution in [0.2, 0.25) is 0 Å². The van der Waals surface area contributed by atoms with E-state index in [0.717, 1.165) is 11.9 Å². The monoisotopic (exact) mass is 251 g/mol. The molecule has 1 aromatic carbocycles. The van der Waals surface area contributed by atoms with Crippen molar-refractivity contribution in [2.45, 2.75) is 19.3 Å². The summed E-state index contributed by atoms with van der Waals surface area (Å²) < 4.78 is 0. The van der Waals surface area contributed by atoms with Crippen molar-refractivity contribution in [2.75, 3.05) is 0 Å². The zero-order valence-electron chi connectivity index (χ0n) is 8.36. The molecule has 2 aromatic rings. The minimum absolute atomic E-state index is 0. The first-order chi connectivity index (χ1) is 7.27. The number of carboxylic acid groups (broad SMARTS) is 1. The number of fused-ring (bicyclic) bond motifs is 1. The average molecular weight is 251 g/mol. The van der Waals surface area contributed by atoms with E-state index in [0.29, 0.717) is 6.42 Å². The van der Waals surface area contributed by atoms with E-state index in [1.54, 1.807) is 0 Å². The van der Waals surface area contributed by atoms with E-state index in [9.17, 15) is 4.79 Å². The number of rotatable bonds is 4. The summed E-state index contributed by atoms with van der Waals surface area (Å²) in [4.78, 5) is 13.6. The first kappa shape index (κ1) is 17.2. The molecular weight excluding hydrogens is 236 g/mol. The van der Waals surface area contributed by atoms with Crippen LogP contribution in [0.3, 0.4) is 0 Å². The van der Waals surface area contributed by atoms with Crippen LogP contribution < -0.4 is 0 Å². The molecule has 0 unspecified atom stereocenters. The first-order valence-electron chi connectivity index (χ1n) is 5.04. The van der Waals surface area contributed by atoms with E-state index in [4.69, 9.17) is 5.11 Å². The SMILES string of the molecule is O=C(O)CCCc1c[nH]c2ccccc12.[NaH].[NaH]. The van der Waals surface area contributed by atoms with Gasteiger partial charge in [0.25, 0.3) is 0 Å². The number of para-hydroxylation sites is 1. The molecule has 17 heavy (non-hydrogen) atoms. The zero-order valence-corrected chi connectivity index (χ0v) is 8.36. The summed E-state index contributed by atoms with van der Waals surface area (Å²) in [5.74, 6) is -0.727. The van der Waals surface area contributed by atoms with Gasteiger partial charge in [-0.1, -0.05) is 18.2 Å². The normalized spacial score (nSPS) is 9.41. The molecule has 0 radical (unpaired) electrons. The number of aromatic nitrogens is 1. The Morgan fingerprint density at radius 3 is 2.65 bits per heavy atom. The van der Waals surface area contributed by atoms with Gasteiger partial charge in [0.1, 0.15) is 0 Å². The summed E-state index contributed by atoms with van der Waals surface area (Å²) in [6.07, 6.45) is 3.71. The molecule has 0 bridgehead atoms. The summed E-state index contributed by atoms with van der Waals surface area (Å²) in [6.45, 7) is 0. The average Bonchev–Trinajstić information content (AvgIpc) is 2.62. The van der Waals surface area contributed by atoms with Gasteiger partial charge in [-0.05, 0) is 24.5 Å². The molecule has 0 aliphatic heterocycles. The summed E-state index contributed by atoms with van der Waals surface area (Å²) in [5.41, 5.74) is 2.31. The van der Waals surface area contributed by atoms with E-state index < -0.39 is 5.97 Å². The molecule has 0 spiro atoms. The summed E-state index contributed by atoms with van der Waals surface area (Å²) in [7, 11) is 0. The Hall–Kier alpha value is 0.230. The molecule has 0 aliphatic rings. The second-order valence-electron chi connectivity index (χ2n) is 3.61. The van der Waals surface area contributed by atoms with Crippen molar-refractivity contribution in [3.8, 4) is 0 Å². The Balaban J connectivity index is 0.00000128. The van der Waals surface area contributed by atoms with Gasteiger partial charge in [-0.25, -0.2) is 0 Å². The molecule has 0 atom stereocenters. The van der Waals surface area contributed by atoms with Gasteiger partial charge in [0, 0.05) is 23.5 Å². The first-order valence-corrected chi connectivity index (χ1v) is 5.04. The van der Waals surface area contributed by atoms with Crippen LogP contribution in [-0.4, -0.2) is 75.2 Å². The van der Waals surface area contributed by atoms with Gasteiger partial charge in [-0.2, -0.15) is 0 Å². The Kier molecular flexibility index (Phi) is 8.47. The molecule has 1 aromatic heterocycles. The standard InChI is InChI=1S/C12H13NO2.2Na.2H/c14-12(15)7-3-4-9-8-13-11-6-2-1-5-10(9)11;;;;/h1-2,5-6,8,13H,3-4,7H2,(H,14,15);;;;. The molecule has 0 saturated heterocycles. The van der Waals surface area contributed by atoms with Crippen molar-refractivity contribution >= 4 is 76.0 Å². The molecule has 2 N–H and O–H groups in total. The molecule has 0 aliphatic carbocycles. The Bertz CT molecular complexity index is 482. The van der Waals surface area contributed by atoms with E-state index in [2.05, 4.69) is 11.1 Å². The van der Waals surface area contributed by atoms with Crippen molar-refractivity contribution in [3.63, 3.8) is 0 Å². The van der Waals surface area contributed by atoms with Gasteiger partial charge in [-0.3, -0.25) is 4.79 Å². The van der Waals surface area contributed by atoms with Crippen LogP contribution in [-0.2, 0) is 11.2 Å². The quantitative estimate of drug-likeness (QED) is 0.804. The van der Waals surface area contributed by atoms with Crippen LogP contribution in [0.25, 0.3) is 10.9 Å². The molecule has 82 valence electrons. The van der Waals surface area contributed by atoms with Gasteiger partial charge >= 0.3 is 65.1 Å². The van der Waals surface area contributed by atoms with E-state index >= 15 is 0 Å². The number of carbonyl (C=O) groups is 1. The topological polar surface area (TPSA) is 53.1 Å². The van der Waals surface area contributed by atoms with Crippen LogP contribution in [0.1, 0.15) is 18.4 Å². The zero-order chi connectivity index (χ0) is 10.7. The van der Waals surface area contributed by atoms with Gasteiger partial charge < -0.3 is 10.1 Å². The third-order valence-corrected chi connectivity index (χ3v) is 2.51.